The number of hydrogen-bond acceptors (Lipinski definition) is 3. The van der Waals surface area contributed by atoms with E-state index in [0.717, 1.165) is 43.1 Å². The summed E-state index contributed by atoms with van der Waals surface area (Å²) in [5.74, 6) is 3.43. The highest BCUT2D eigenvalue weighted by Crippen LogP contribution is 2.26. The first-order chi connectivity index (χ1) is 10.2. The number of allylic oxidation sites excluding steroid dienone is 2. The van der Waals surface area contributed by atoms with Gasteiger partial charge in [-0.25, -0.2) is 0 Å². The molecule has 2 aliphatic carbocycles. The van der Waals surface area contributed by atoms with Crippen molar-refractivity contribution >= 4 is 0 Å². The van der Waals surface area contributed by atoms with E-state index in [0.29, 0.717) is 12.5 Å². The lowest BCUT2D eigenvalue weighted by Gasteiger charge is -2.24. The van der Waals surface area contributed by atoms with Crippen molar-refractivity contribution in [1.82, 2.24) is 5.32 Å². The number of rotatable bonds is 7. The van der Waals surface area contributed by atoms with E-state index >= 15 is 0 Å². The van der Waals surface area contributed by atoms with Gasteiger partial charge in [0.2, 0.25) is 0 Å². The first kappa shape index (κ1) is 14.9. The van der Waals surface area contributed by atoms with Crippen LogP contribution in [0.2, 0.25) is 0 Å². The smallest absolute Gasteiger partial charge is 0.118 e. The van der Waals surface area contributed by atoms with E-state index < -0.39 is 0 Å². The second-order valence-electron chi connectivity index (χ2n) is 6.64. The summed E-state index contributed by atoms with van der Waals surface area (Å²) in [6.45, 7) is 6.72. The molecule has 0 spiro atoms. The highest BCUT2D eigenvalue weighted by atomic mass is 16.5. The van der Waals surface area contributed by atoms with Gasteiger partial charge in [0.05, 0.1) is 19.8 Å². The van der Waals surface area contributed by atoms with Crippen LogP contribution in [0.4, 0.5) is 0 Å². The fraction of sp³-hybridized carbons (Fsp3) is 0.667. The van der Waals surface area contributed by atoms with Gasteiger partial charge < -0.3 is 14.5 Å². The van der Waals surface area contributed by atoms with Crippen molar-refractivity contribution in [2.45, 2.75) is 58.7 Å². The molecule has 1 saturated carbocycles. The molecule has 1 N–H and O–H groups in total. The Bertz CT molecular complexity index is 487. The van der Waals surface area contributed by atoms with Crippen LogP contribution in [0.3, 0.4) is 0 Å². The van der Waals surface area contributed by atoms with E-state index in [4.69, 9.17) is 9.15 Å². The van der Waals surface area contributed by atoms with E-state index in [1.807, 2.05) is 6.92 Å². The van der Waals surface area contributed by atoms with Crippen LogP contribution >= 0.6 is 0 Å². The van der Waals surface area contributed by atoms with Crippen molar-refractivity contribution in [2.24, 2.45) is 11.8 Å². The predicted molar refractivity (Wildman–Crippen MR) is 84.0 cm³/mol. The zero-order chi connectivity index (χ0) is 14.7. The molecular formula is C18H27NO2. The highest BCUT2D eigenvalue weighted by Gasteiger charge is 2.21. The fourth-order valence-electron chi connectivity index (χ4n) is 2.91. The van der Waals surface area contributed by atoms with Crippen LogP contribution in [0.5, 0.6) is 0 Å². The SMILES string of the molecule is Cc1oc(CNC2CC2)cc1COCC1CC=CCC1C. The fourth-order valence-corrected chi connectivity index (χ4v) is 2.91. The Morgan fingerprint density at radius 1 is 1.29 bits per heavy atom. The Hall–Kier alpha value is -1.06. The van der Waals surface area contributed by atoms with E-state index in [9.17, 15) is 0 Å². The van der Waals surface area contributed by atoms with Gasteiger partial charge in [-0.3, -0.25) is 0 Å². The Morgan fingerprint density at radius 3 is 2.86 bits per heavy atom. The van der Waals surface area contributed by atoms with Crippen molar-refractivity contribution in [3.63, 3.8) is 0 Å². The minimum atomic E-state index is 0.665. The molecular weight excluding hydrogens is 262 g/mol. The van der Waals surface area contributed by atoms with Gasteiger partial charge in [-0.15, -0.1) is 0 Å². The molecule has 1 aromatic heterocycles. The summed E-state index contributed by atoms with van der Waals surface area (Å²) in [4.78, 5) is 0. The first-order valence-electron chi connectivity index (χ1n) is 8.26. The van der Waals surface area contributed by atoms with Crippen LogP contribution < -0.4 is 5.32 Å². The van der Waals surface area contributed by atoms with Gasteiger partial charge in [0.15, 0.2) is 0 Å². The molecule has 0 bridgehead atoms. The topological polar surface area (TPSA) is 34.4 Å². The summed E-state index contributed by atoms with van der Waals surface area (Å²) in [6, 6.07) is 2.87. The minimum Gasteiger partial charge on any atom is -0.465 e. The van der Waals surface area contributed by atoms with Gasteiger partial charge >= 0.3 is 0 Å². The summed E-state index contributed by atoms with van der Waals surface area (Å²) in [7, 11) is 0. The molecule has 2 aliphatic rings. The lowest BCUT2D eigenvalue weighted by molar-refractivity contribution is 0.0674. The lowest BCUT2D eigenvalue weighted by Crippen LogP contribution is -2.19. The van der Waals surface area contributed by atoms with Crippen LogP contribution in [0.1, 0.15) is 49.7 Å². The van der Waals surface area contributed by atoms with Crippen molar-refractivity contribution in [3.8, 4) is 0 Å². The molecule has 1 fully saturated rings. The van der Waals surface area contributed by atoms with Crippen LogP contribution in [-0.4, -0.2) is 12.6 Å². The normalized spacial score (nSPS) is 25.4. The van der Waals surface area contributed by atoms with Crippen LogP contribution in [0.25, 0.3) is 0 Å². The summed E-state index contributed by atoms with van der Waals surface area (Å²) >= 11 is 0. The maximum atomic E-state index is 5.95. The van der Waals surface area contributed by atoms with Gasteiger partial charge in [-0.05, 0) is 50.5 Å². The maximum absolute atomic E-state index is 5.95. The molecule has 2 atom stereocenters. The van der Waals surface area contributed by atoms with Gasteiger partial charge in [0, 0.05) is 11.6 Å². The van der Waals surface area contributed by atoms with Crippen molar-refractivity contribution in [2.75, 3.05) is 6.61 Å². The number of hydrogen-bond donors (Lipinski definition) is 1. The van der Waals surface area contributed by atoms with E-state index in [1.165, 1.54) is 24.8 Å². The number of furan rings is 1. The molecule has 1 heterocycles. The van der Waals surface area contributed by atoms with E-state index in [2.05, 4.69) is 30.5 Å². The molecule has 0 aromatic carbocycles. The van der Waals surface area contributed by atoms with Crippen LogP contribution in [-0.2, 0) is 17.9 Å². The van der Waals surface area contributed by atoms with Gasteiger partial charge in [-0.1, -0.05) is 19.1 Å². The van der Waals surface area contributed by atoms with Crippen molar-refractivity contribution in [3.05, 3.63) is 35.3 Å². The van der Waals surface area contributed by atoms with Crippen molar-refractivity contribution < 1.29 is 9.15 Å². The molecule has 0 radical (unpaired) electrons. The van der Waals surface area contributed by atoms with E-state index in [1.54, 1.807) is 0 Å². The van der Waals surface area contributed by atoms with Gasteiger partial charge in [-0.2, -0.15) is 0 Å². The van der Waals surface area contributed by atoms with Crippen molar-refractivity contribution in [1.29, 1.82) is 0 Å². The molecule has 0 amide bonds. The quantitative estimate of drug-likeness (QED) is 0.772. The zero-order valence-electron chi connectivity index (χ0n) is 13.2. The summed E-state index contributed by atoms with van der Waals surface area (Å²) in [5.41, 5.74) is 1.20. The highest BCUT2D eigenvalue weighted by molar-refractivity contribution is 5.20. The standard InChI is InChI=1S/C18H27NO2/c1-13-5-3-4-6-15(13)11-20-12-16-9-18(21-14(16)2)10-19-17-7-8-17/h3-4,9,13,15,17,19H,5-8,10-12H2,1-2H3. The summed E-state index contributed by atoms with van der Waals surface area (Å²) < 4.78 is 11.8. The number of aryl methyl sites for hydroxylation is 1. The number of ether oxygens (including phenoxy) is 1. The summed E-state index contributed by atoms with van der Waals surface area (Å²) in [5, 5.41) is 3.48. The minimum absolute atomic E-state index is 0.665. The second kappa shape index (κ2) is 6.80. The zero-order valence-corrected chi connectivity index (χ0v) is 13.2. The molecule has 3 nitrogen and oxygen atoms in total. The Balaban J connectivity index is 1.44. The summed E-state index contributed by atoms with van der Waals surface area (Å²) in [6.07, 6.45) is 9.55. The average Bonchev–Trinajstić information content (AvgIpc) is 3.23. The van der Waals surface area contributed by atoms with Gasteiger partial charge in [0.25, 0.3) is 0 Å². The third kappa shape index (κ3) is 4.21. The molecule has 0 aliphatic heterocycles. The largest absolute Gasteiger partial charge is 0.465 e. The lowest BCUT2D eigenvalue weighted by atomic mass is 9.85. The second-order valence-corrected chi connectivity index (χ2v) is 6.64. The van der Waals surface area contributed by atoms with Crippen LogP contribution in [0.15, 0.2) is 22.6 Å². The maximum Gasteiger partial charge on any atom is 0.118 e. The molecule has 116 valence electrons. The molecule has 3 rings (SSSR count). The third-order valence-electron chi connectivity index (χ3n) is 4.72. The first-order valence-corrected chi connectivity index (χ1v) is 8.26. The predicted octanol–water partition coefficient (Wildman–Crippen LogP) is 3.96. The average molecular weight is 289 g/mol. The monoisotopic (exact) mass is 289 g/mol. The Kier molecular flexibility index (Phi) is 4.81. The van der Waals surface area contributed by atoms with Crippen LogP contribution in [0, 0.1) is 18.8 Å². The van der Waals surface area contributed by atoms with Gasteiger partial charge in [0.1, 0.15) is 11.5 Å². The molecule has 21 heavy (non-hydrogen) atoms. The Labute approximate surface area is 127 Å². The molecule has 2 unspecified atom stereocenters. The molecule has 3 heteroatoms. The molecule has 0 saturated heterocycles. The number of nitrogens with one attached hydrogen (secondary N) is 1. The van der Waals surface area contributed by atoms with E-state index in [-0.39, 0.29) is 0 Å². The third-order valence-corrected chi connectivity index (χ3v) is 4.72. The Morgan fingerprint density at radius 2 is 2.10 bits per heavy atom. The molecule has 1 aromatic rings.